The molecule has 4 nitrogen and oxygen atoms in total. The van der Waals surface area contributed by atoms with E-state index in [9.17, 15) is 14.7 Å². The van der Waals surface area contributed by atoms with Crippen LogP contribution < -0.4 is 0 Å². The van der Waals surface area contributed by atoms with Crippen LogP contribution in [-0.4, -0.2) is 28.1 Å². The van der Waals surface area contributed by atoms with Crippen molar-refractivity contribution in [3.8, 4) is 0 Å². The molecule has 2 N–H and O–H groups in total. The summed E-state index contributed by atoms with van der Waals surface area (Å²) in [5, 5.41) is 18.6. The van der Waals surface area contributed by atoms with Crippen LogP contribution in [0.4, 0.5) is 0 Å². The van der Waals surface area contributed by atoms with E-state index in [0.717, 1.165) is 69.8 Å². The normalized spacial score (nSPS) is 16.3. The van der Waals surface area contributed by atoms with Crippen molar-refractivity contribution in [3.05, 3.63) is 23.3 Å². The lowest BCUT2D eigenvalue weighted by molar-refractivity contribution is -0.137. The molecular weight excluding hydrogens is 304 g/mol. The lowest BCUT2D eigenvalue weighted by atomic mass is 10.0. The zero-order valence-electron chi connectivity index (χ0n) is 14.9. The van der Waals surface area contributed by atoms with Gasteiger partial charge in [-0.2, -0.15) is 0 Å². The Kier molecular flexibility index (Phi) is 10.3. The third kappa shape index (κ3) is 8.44. The van der Waals surface area contributed by atoms with Gasteiger partial charge in [-0.05, 0) is 32.1 Å². The van der Waals surface area contributed by atoms with Crippen molar-refractivity contribution in [1.82, 2.24) is 0 Å². The molecule has 0 saturated heterocycles. The van der Waals surface area contributed by atoms with Crippen molar-refractivity contribution < 1.29 is 19.8 Å². The number of aliphatic carboxylic acids is 1. The number of rotatable bonds is 13. The minimum atomic E-state index is -0.732. The maximum atomic E-state index is 12.0. The molecule has 0 amide bonds. The van der Waals surface area contributed by atoms with E-state index in [1.807, 2.05) is 6.08 Å². The van der Waals surface area contributed by atoms with Gasteiger partial charge in [0.05, 0.1) is 6.10 Å². The Labute approximate surface area is 145 Å². The molecule has 1 aliphatic carbocycles. The van der Waals surface area contributed by atoms with Crippen LogP contribution in [0.5, 0.6) is 0 Å². The van der Waals surface area contributed by atoms with E-state index >= 15 is 0 Å². The molecule has 1 rings (SSSR count). The Morgan fingerprint density at radius 1 is 1.12 bits per heavy atom. The van der Waals surface area contributed by atoms with E-state index in [1.54, 1.807) is 6.08 Å². The monoisotopic (exact) mass is 336 g/mol. The predicted molar refractivity (Wildman–Crippen MR) is 95.9 cm³/mol. The molecule has 0 heterocycles. The van der Waals surface area contributed by atoms with Crippen molar-refractivity contribution in [2.45, 2.75) is 90.1 Å². The van der Waals surface area contributed by atoms with Crippen LogP contribution in [0.1, 0.15) is 84.0 Å². The molecule has 0 radical (unpaired) electrons. The average molecular weight is 336 g/mol. The third-order valence-electron chi connectivity index (χ3n) is 4.54. The number of carboxylic acids is 1. The van der Waals surface area contributed by atoms with Gasteiger partial charge in [0.25, 0.3) is 0 Å². The first kappa shape index (κ1) is 20.6. The molecule has 0 saturated carbocycles. The zero-order chi connectivity index (χ0) is 17.8. The fraction of sp³-hybridized carbons (Fsp3) is 0.700. The van der Waals surface area contributed by atoms with Crippen LogP contribution in [0.2, 0.25) is 0 Å². The molecule has 136 valence electrons. The number of Topliss-reactive ketones (excluding diaryl/α,β-unsaturated/α-hetero) is 1. The van der Waals surface area contributed by atoms with Gasteiger partial charge in [-0.15, -0.1) is 0 Å². The molecule has 1 aliphatic rings. The van der Waals surface area contributed by atoms with Gasteiger partial charge in [0, 0.05) is 18.4 Å². The van der Waals surface area contributed by atoms with Gasteiger partial charge in [0.1, 0.15) is 0 Å². The van der Waals surface area contributed by atoms with Crippen LogP contribution in [0.3, 0.4) is 0 Å². The van der Waals surface area contributed by atoms with Gasteiger partial charge in [-0.1, -0.05) is 56.8 Å². The van der Waals surface area contributed by atoms with Crippen molar-refractivity contribution in [3.63, 3.8) is 0 Å². The Hall–Kier alpha value is -1.42. The number of carboxylic acid groups (broad SMARTS) is 1. The number of carbonyl (C=O) groups excluding carboxylic acids is 1. The Morgan fingerprint density at radius 3 is 2.58 bits per heavy atom. The maximum Gasteiger partial charge on any atom is 0.303 e. The summed E-state index contributed by atoms with van der Waals surface area (Å²) in [6.07, 6.45) is 13.4. The van der Waals surface area contributed by atoms with Gasteiger partial charge in [-0.3, -0.25) is 9.59 Å². The number of hydrogen-bond acceptors (Lipinski definition) is 3. The molecule has 0 unspecified atom stereocenters. The van der Waals surface area contributed by atoms with E-state index in [0.29, 0.717) is 6.42 Å². The number of carbonyl (C=O) groups is 2. The summed E-state index contributed by atoms with van der Waals surface area (Å²) in [4.78, 5) is 22.5. The van der Waals surface area contributed by atoms with Gasteiger partial charge >= 0.3 is 5.97 Å². The summed E-state index contributed by atoms with van der Waals surface area (Å²) < 4.78 is 0. The van der Waals surface area contributed by atoms with Crippen molar-refractivity contribution in [2.75, 3.05) is 0 Å². The van der Waals surface area contributed by atoms with Gasteiger partial charge in [0.2, 0.25) is 0 Å². The Balaban J connectivity index is 2.39. The predicted octanol–water partition coefficient (Wildman–Crippen LogP) is 4.57. The summed E-state index contributed by atoms with van der Waals surface area (Å²) in [6, 6.07) is 0. The zero-order valence-corrected chi connectivity index (χ0v) is 14.9. The molecule has 0 aromatic heterocycles. The lowest BCUT2D eigenvalue weighted by Crippen LogP contribution is -2.03. The number of ketones is 1. The molecule has 1 atom stereocenters. The largest absolute Gasteiger partial charge is 0.481 e. The molecule has 24 heavy (non-hydrogen) atoms. The summed E-state index contributed by atoms with van der Waals surface area (Å²) in [5.74, 6) is -0.545. The van der Waals surface area contributed by atoms with Crippen LogP contribution in [0.15, 0.2) is 23.3 Å². The number of aliphatic hydroxyl groups is 1. The van der Waals surface area contributed by atoms with E-state index in [4.69, 9.17) is 5.11 Å². The second kappa shape index (κ2) is 12.0. The molecule has 0 aromatic rings. The highest BCUT2D eigenvalue weighted by molar-refractivity contribution is 6.01. The number of hydrogen-bond donors (Lipinski definition) is 2. The van der Waals surface area contributed by atoms with E-state index in [-0.39, 0.29) is 12.2 Å². The fourth-order valence-corrected chi connectivity index (χ4v) is 3.08. The molecule has 0 aromatic carbocycles. The van der Waals surface area contributed by atoms with Gasteiger partial charge in [-0.25, -0.2) is 0 Å². The lowest BCUT2D eigenvalue weighted by Gasteiger charge is -2.06. The van der Waals surface area contributed by atoms with Crippen molar-refractivity contribution in [1.29, 1.82) is 0 Å². The second-order valence-corrected chi connectivity index (χ2v) is 6.67. The van der Waals surface area contributed by atoms with E-state index in [1.165, 1.54) is 5.57 Å². The highest BCUT2D eigenvalue weighted by Gasteiger charge is 2.20. The first-order valence-electron chi connectivity index (χ1n) is 9.37. The number of aliphatic hydroxyl groups excluding tert-OH is 1. The minimum Gasteiger partial charge on any atom is -0.481 e. The topological polar surface area (TPSA) is 74.6 Å². The minimum absolute atomic E-state index is 0.188. The highest BCUT2D eigenvalue weighted by Crippen LogP contribution is 2.28. The van der Waals surface area contributed by atoms with Crippen LogP contribution in [0, 0.1) is 0 Å². The van der Waals surface area contributed by atoms with E-state index in [2.05, 4.69) is 6.92 Å². The molecular formula is C20H32O4. The maximum absolute atomic E-state index is 12.0. The standard InChI is InChI=1S/C20H32O4/c1-2-3-6-10-17(21)13-14-18-16(12-15-19(18)22)9-7-4-5-8-11-20(23)24/h13-14,17,21H,2-12,15H2,1H3,(H,23,24)/b14-13+/t17-/m0/s1. The first-order chi connectivity index (χ1) is 11.5. The first-order valence-corrected chi connectivity index (χ1v) is 9.37. The van der Waals surface area contributed by atoms with Crippen LogP contribution in [-0.2, 0) is 9.59 Å². The molecule has 0 aliphatic heterocycles. The highest BCUT2D eigenvalue weighted by atomic mass is 16.4. The smallest absolute Gasteiger partial charge is 0.303 e. The number of unbranched alkanes of at least 4 members (excludes halogenated alkanes) is 5. The quantitative estimate of drug-likeness (QED) is 0.483. The Bertz CT molecular complexity index is 462. The average Bonchev–Trinajstić information content (AvgIpc) is 2.89. The number of allylic oxidation sites excluding steroid dienone is 3. The van der Waals surface area contributed by atoms with Crippen molar-refractivity contribution >= 4 is 11.8 Å². The summed E-state index contributed by atoms with van der Waals surface area (Å²) in [5.41, 5.74) is 2.00. The van der Waals surface area contributed by atoms with Crippen molar-refractivity contribution in [2.24, 2.45) is 0 Å². The molecule has 0 bridgehead atoms. The van der Waals surface area contributed by atoms with E-state index < -0.39 is 12.1 Å². The summed E-state index contributed by atoms with van der Waals surface area (Å²) in [6.45, 7) is 2.14. The van der Waals surface area contributed by atoms with Crippen LogP contribution >= 0.6 is 0 Å². The third-order valence-corrected chi connectivity index (χ3v) is 4.54. The van der Waals surface area contributed by atoms with Gasteiger partial charge in [0.15, 0.2) is 5.78 Å². The van der Waals surface area contributed by atoms with Gasteiger partial charge < -0.3 is 10.2 Å². The molecule has 0 spiro atoms. The second-order valence-electron chi connectivity index (χ2n) is 6.67. The molecule has 4 heteroatoms. The summed E-state index contributed by atoms with van der Waals surface area (Å²) in [7, 11) is 0. The molecule has 0 fully saturated rings. The SMILES string of the molecule is CCCCC[C@H](O)/C=C/C1=C(CCCCCCC(=O)O)CCC1=O. The Morgan fingerprint density at radius 2 is 1.88 bits per heavy atom. The van der Waals surface area contributed by atoms with Crippen LogP contribution in [0.25, 0.3) is 0 Å². The summed E-state index contributed by atoms with van der Waals surface area (Å²) >= 11 is 0. The fourth-order valence-electron chi connectivity index (χ4n) is 3.08.